The first-order valence-corrected chi connectivity index (χ1v) is 11.9. The third kappa shape index (κ3) is 4.50. The molecule has 1 N–H and O–H groups in total. The predicted molar refractivity (Wildman–Crippen MR) is 135 cm³/mol. The van der Waals surface area contributed by atoms with E-state index >= 15 is 0 Å². The molecule has 0 unspecified atom stereocenters. The van der Waals surface area contributed by atoms with E-state index < -0.39 is 0 Å². The van der Waals surface area contributed by atoms with Crippen molar-refractivity contribution in [3.8, 4) is 21.9 Å². The second-order valence-electron chi connectivity index (χ2n) is 7.64. The Morgan fingerprint density at radius 3 is 2.85 bits per heavy atom. The molecule has 0 aliphatic rings. The quantitative estimate of drug-likeness (QED) is 0.283. The van der Waals surface area contributed by atoms with Crippen LogP contribution in [0.25, 0.3) is 32.9 Å². The number of rotatable bonds is 6. The number of carbonyl (C=O) groups is 1. The van der Waals surface area contributed by atoms with Crippen LogP contribution in [0.1, 0.15) is 24.1 Å². The zero-order valence-electron chi connectivity index (χ0n) is 18.4. The molecule has 170 valence electrons. The first-order valence-electron chi connectivity index (χ1n) is 10.7. The second kappa shape index (κ2) is 9.24. The van der Waals surface area contributed by atoms with Gasteiger partial charge in [-0.05, 0) is 48.9 Å². The molecule has 5 rings (SSSR count). The molecule has 5 aromatic rings. The first kappa shape index (κ1) is 22.1. The van der Waals surface area contributed by atoms with E-state index in [0.717, 1.165) is 38.9 Å². The summed E-state index contributed by atoms with van der Waals surface area (Å²) in [6.45, 7) is 3.96. The Balaban J connectivity index is 1.28. The molecule has 34 heavy (non-hydrogen) atoms. The summed E-state index contributed by atoms with van der Waals surface area (Å²) in [6.07, 6.45) is 3.82. The molecule has 2 aromatic carbocycles. The summed E-state index contributed by atoms with van der Waals surface area (Å²) < 4.78 is 7.60. The van der Waals surface area contributed by atoms with Gasteiger partial charge in [0.15, 0.2) is 5.82 Å². The fourth-order valence-electron chi connectivity index (χ4n) is 3.41. The van der Waals surface area contributed by atoms with Gasteiger partial charge in [0.2, 0.25) is 10.9 Å². The van der Waals surface area contributed by atoms with Crippen LogP contribution in [0.3, 0.4) is 0 Å². The van der Waals surface area contributed by atoms with Crippen LogP contribution in [0.15, 0.2) is 65.1 Å². The average Bonchev–Trinajstić information content (AvgIpc) is 3.56. The van der Waals surface area contributed by atoms with Gasteiger partial charge >= 0.3 is 0 Å². The lowest BCUT2D eigenvalue weighted by molar-refractivity contribution is -0.111. The van der Waals surface area contributed by atoms with Crippen molar-refractivity contribution < 1.29 is 9.21 Å². The lowest BCUT2D eigenvalue weighted by Gasteiger charge is -2.04. The van der Waals surface area contributed by atoms with E-state index in [0.29, 0.717) is 22.2 Å². The number of aryl methyl sites for hydroxylation is 2. The molecule has 0 fully saturated rings. The molecule has 3 heterocycles. The van der Waals surface area contributed by atoms with Gasteiger partial charge in [0, 0.05) is 34.3 Å². The minimum Gasteiger partial charge on any atom is -0.457 e. The van der Waals surface area contributed by atoms with Crippen LogP contribution in [0.4, 0.5) is 5.69 Å². The molecule has 0 radical (unpaired) electrons. The van der Waals surface area contributed by atoms with Crippen molar-refractivity contribution in [3.05, 3.63) is 82.8 Å². The molecule has 0 spiro atoms. The summed E-state index contributed by atoms with van der Waals surface area (Å²) in [5, 5.41) is 17.3. The van der Waals surface area contributed by atoms with Crippen LogP contribution in [-0.2, 0) is 11.2 Å². The molecule has 7 nitrogen and oxygen atoms in total. The van der Waals surface area contributed by atoms with E-state index in [-0.39, 0.29) is 5.91 Å². The van der Waals surface area contributed by atoms with Gasteiger partial charge in [-0.3, -0.25) is 4.79 Å². The molecule has 0 saturated heterocycles. The van der Waals surface area contributed by atoms with Gasteiger partial charge in [-0.15, -0.1) is 10.2 Å². The highest BCUT2D eigenvalue weighted by Gasteiger charge is 2.12. The Labute approximate surface area is 204 Å². The number of hydrogen-bond acceptors (Lipinski definition) is 6. The van der Waals surface area contributed by atoms with Crippen molar-refractivity contribution in [2.24, 2.45) is 0 Å². The highest BCUT2D eigenvalue weighted by atomic mass is 35.5. The van der Waals surface area contributed by atoms with E-state index in [1.807, 2.05) is 68.4 Å². The number of nitrogens with zero attached hydrogens (tertiary/aromatic N) is 4. The number of amides is 1. The number of nitrogens with one attached hydrogen (secondary N) is 1. The number of carbonyl (C=O) groups excluding carboxylic acids is 1. The third-order valence-electron chi connectivity index (χ3n) is 5.23. The second-order valence-corrected chi connectivity index (χ2v) is 9.00. The van der Waals surface area contributed by atoms with Crippen LogP contribution in [0.5, 0.6) is 0 Å². The molecule has 0 atom stereocenters. The number of furan rings is 1. The Morgan fingerprint density at radius 1 is 1.15 bits per heavy atom. The highest BCUT2D eigenvalue weighted by Crippen LogP contribution is 2.29. The molecular weight excluding hydrogens is 470 g/mol. The summed E-state index contributed by atoms with van der Waals surface area (Å²) in [4.78, 5) is 13.2. The number of anilines is 1. The van der Waals surface area contributed by atoms with Crippen LogP contribution in [-0.4, -0.2) is 25.7 Å². The Kier molecular flexibility index (Phi) is 6.00. The maximum atomic E-state index is 12.5. The summed E-state index contributed by atoms with van der Waals surface area (Å²) >= 11 is 7.66. The van der Waals surface area contributed by atoms with Crippen LogP contribution in [0, 0.1) is 6.92 Å². The zero-order valence-corrected chi connectivity index (χ0v) is 20.0. The van der Waals surface area contributed by atoms with E-state index in [1.54, 1.807) is 10.6 Å². The summed E-state index contributed by atoms with van der Waals surface area (Å²) in [5.41, 5.74) is 3.45. The number of benzene rings is 2. The highest BCUT2D eigenvalue weighted by molar-refractivity contribution is 7.19. The first-order chi connectivity index (χ1) is 16.5. The van der Waals surface area contributed by atoms with E-state index in [2.05, 4.69) is 20.6 Å². The molecule has 3 aromatic heterocycles. The smallest absolute Gasteiger partial charge is 0.248 e. The van der Waals surface area contributed by atoms with Crippen molar-refractivity contribution in [2.75, 3.05) is 5.32 Å². The SMILES string of the molecule is CCc1nnc2sc(-c3cccc(NC(=O)/C=C/c4ccc(-c5ccc(C)c(Cl)c5)o4)c3)nn12. The predicted octanol–water partition coefficient (Wildman–Crippen LogP) is 6.29. The maximum Gasteiger partial charge on any atom is 0.248 e. The summed E-state index contributed by atoms with van der Waals surface area (Å²) in [6, 6.07) is 17.0. The molecule has 0 saturated carbocycles. The average molecular weight is 490 g/mol. The van der Waals surface area contributed by atoms with Gasteiger partial charge in [-0.2, -0.15) is 9.61 Å². The fourth-order valence-corrected chi connectivity index (χ4v) is 4.45. The van der Waals surface area contributed by atoms with E-state index in [9.17, 15) is 4.79 Å². The molecule has 0 bridgehead atoms. The topological polar surface area (TPSA) is 85.3 Å². The Morgan fingerprint density at radius 2 is 2.03 bits per heavy atom. The molecule has 9 heteroatoms. The minimum atomic E-state index is -0.264. The lowest BCUT2D eigenvalue weighted by atomic mass is 10.1. The third-order valence-corrected chi connectivity index (χ3v) is 6.59. The fraction of sp³-hybridized carbons (Fsp3) is 0.120. The van der Waals surface area contributed by atoms with Gasteiger partial charge in [0.05, 0.1) is 0 Å². The summed E-state index contributed by atoms with van der Waals surface area (Å²) in [7, 11) is 0. The van der Waals surface area contributed by atoms with E-state index in [1.165, 1.54) is 17.4 Å². The van der Waals surface area contributed by atoms with Crippen molar-refractivity contribution >= 4 is 45.6 Å². The zero-order chi connectivity index (χ0) is 23.7. The van der Waals surface area contributed by atoms with Gasteiger partial charge in [-0.1, -0.05) is 54.1 Å². The van der Waals surface area contributed by atoms with Crippen molar-refractivity contribution in [1.82, 2.24) is 19.8 Å². The molecule has 1 amide bonds. The number of fused-ring (bicyclic) bond motifs is 1. The van der Waals surface area contributed by atoms with Crippen LogP contribution >= 0.6 is 22.9 Å². The molecular formula is C25H20ClN5O2S. The minimum absolute atomic E-state index is 0.264. The summed E-state index contributed by atoms with van der Waals surface area (Å²) in [5.74, 6) is 1.81. The van der Waals surface area contributed by atoms with Gasteiger partial charge in [-0.25, -0.2) is 0 Å². The van der Waals surface area contributed by atoms with Gasteiger partial charge < -0.3 is 9.73 Å². The van der Waals surface area contributed by atoms with Gasteiger partial charge in [0.1, 0.15) is 16.5 Å². The maximum absolute atomic E-state index is 12.5. The van der Waals surface area contributed by atoms with Crippen LogP contribution in [0.2, 0.25) is 5.02 Å². The van der Waals surface area contributed by atoms with Gasteiger partial charge in [0.25, 0.3) is 0 Å². The number of aromatic nitrogens is 4. The van der Waals surface area contributed by atoms with Crippen molar-refractivity contribution in [3.63, 3.8) is 0 Å². The normalized spacial score (nSPS) is 11.5. The largest absolute Gasteiger partial charge is 0.457 e. The van der Waals surface area contributed by atoms with Crippen molar-refractivity contribution in [1.29, 1.82) is 0 Å². The number of halogens is 1. The van der Waals surface area contributed by atoms with E-state index in [4.69, 9.17) is 16.0 Å². The van der Waals surface area contributed by atoms with Crippen LogP contribution < -0.4 is 5.32 Å². The van der Waals surface area contributed by atoms with Crippen molar-refractivity contribution in [2.45, 2.75) is 20.3 Å². The standard InChI is InChI=1S/C25H20ClN5O2S/c1-3-22-28-29-25-31(22)30-24(34-25)17-5-4-6-18(13-17)27-23(32)12-10-19-9-11-21(33-19)16-8-7-15(2)20(26)14-16/h4-14H,3H2,1-2H3,(H,27,32)/b12-10+. The number of hydrogen-bond donors (Lipinski definition) is 1. The monoisotopic (exact) mass is 489 g/mol. The lowest BCUT2D eigenvalue weighted by Crippen LogP contribution is -2.07. The molecule has 0 aliphatic carbocycles. The molecule has 0 aliphatic heterocycles. The Hall–Kier alpha value is -3.75. The Bertz CT molecular complexity index is 1530.